The normalized spacial score (nSPS) is 9.56. The van der Waals surface area contributed by atoms with Crippen LogP contribution in [0.4, 0.5) is 0 Å². The summed E-state index contributed by atoms with van der Waals surface area (Å²) in [5.74, 6) is 0. The Kier molecular flexibility index (Phi) is 10.6. The highest BCUT2D eigenvalue weighted by Gasteiger charge is 2.15. The lowest BCUT2D eigenvalue weighted by Crippen LogP contribution is -2.12. The van der Waals surface area contributed by atoms with Crippen LogP contribution in [0.1, 0.15) is 64.7 Å². The van der Waals surface area contributed by atoms with Crippen molar-refractivity contribution in [3.63, 3.8) is 0 Å². The molecule has 0 aliphatic heterocycles. The molecule has 0 fully saturated rings. The molecule has 0 aromatic heterocycles. The number of aldehydes is 1. The minimum absolute atomic E-state index is 0.276. The fourth-order valence-electron chi connectivity index (χ4n) is 1.66. The van der Waals surface area contributed by atoms with Gasteiger partial charge >= 0.3 is 0 Å². The second-order valence-corrected chi connectivity index (χ2v) is 5.51. The molecular weight excluding hydrogens is 220 g/mol. The molecule has 0 spiro atoms. The lowest BCUT2D eigenvalue weighted by molar-refractivity contribution is -0.106. The number of carbonyl (C=O) groups is 1. The zero-order valence-corrected chi connectivity index (χ0v) is 13.4. The molecule has 0 aliphatic carbocycles. The van der Waals surface area contributed by atoms with E-state index in [-0.39, 0.29) is 5.41 Å². The maximum absolute atomic E-state index is 8.81. The molecule has 0 heterocycles. The third-order valence-corrected chi connectivity index (χ3v) is 2.19. The van der Waals surface area contributed by atoms with Gasteiger partial charge in [0.05, 0.1) is 0 Å². The lowest BCUT2D eigenvalue weighted by atomic mass is 9.84. The van der Waals surface area contributed by atoms with Crippen LogP contribution >= 0.6 is 0 Å². The van der Waals surface area contributed by atoms with E-state index in [1.54, 1.807) is 0 Å². The standard InChI is InChI=1S/C12H18.C3H8.C2H4O/c1-9-6-7-11(10(2)8-9)12(3,4)5;1-3-2;1-2-3/h6-8H,1-5H3;3H2,1-2H3;2H,1H3. The Morgan fingerprint density at radius 2 is 1.50 bits per heavy atom. The number of hydrogen-bond donors (Lipinski definition) is 0. The molecule has 0 atom stereocenters. The Balaban J connectivity index is 0. The van der Waals surface area contributed by atoms with Gasteiger partial charge < -0.3 is 4.79 Å². The maximum Gasteiger partial charge on any atom is 0.116 e. The van der Waals surface area contributed by atoms with Crippen LogP contribution in [-0.2, 0) is 10.2 Å². The second-order valence-electron chi connectivity index (χ2n) is 5.51. The van der Waals surface area contributed by atoms with Gasteiger partial charge in [0.15, 0.2) is 0 Å². The van der Waals surface area contributed by atoms with Gasteiger partial charge in [-0.3, -0.25) is 0 Å². The smallest absolute Gasteiger partial charge is 0.116 e. The average Bonchev–Trinajstić information content (AvgIpc) is 2.17. The first-order chi connectivity index (χ1) is 8.24. The van der Waals surface area contributed by atoms with Gasteiger partial charge in [-0.1, -0.05) is 64.8 Å². The van der Waals surface area contributed by atoms with Crippen molar-refractivity contribution in [2.45, 2.75) is 67.2 Å². The van der Waals surface area contributed by atoms with Crippen LogP contribution in [0.5, 0.6) is 0 Å². The van der Waals surface area contributed by atoms with Gasteiger partial charge in [-0.2, -0.15) is 0 Å². The number of aryl methyl sites for hydroxylation is 2. The molecule has 0 saturated carbocycles. The predicted octanol–water partition coefficient (Wildman–Crippen LogP) is 5.22. The molecule has 1 rings (SSSR count). The molecule has 0 N–H and O–H groups in total. The summed E-state index contributed by atoms with van der Waals surface area (Å²) in [7, 11) is 0. The van der Waals surface area contributed by atoms with Gasteiger partial charge in [0.2, 0.25) is 0 Å². The molecule has 0 radical (unpaired) electrons. The molecule has 1 aromatic carbocycles. The van der Waals surface area contributed by atoms with Crippen molar-refractivity contribution < 1.29 is 4.79 Å². The van der Waals surface area contributed by atoms with Gasteiger partial charge in [0.25, 0.3) is 0 Å². The SMILES string of the molecule is CC=O.CCC.Cc1ccc(C(C)(C)C)c(C)c1. The predicted molar refractivity (Wildman–Crippen MR) is 82.3 cm³/mol. The molecule has 1 nitrogen and oxygen atoms in total. The summed E-state index contributed by atoms with van der Waals surface area (Å²) in [6.45, 7) is 16.8. The molecule has 0 unspecified atom stereocenters. The molecule has 1 heteroatoms. The first kappa shape index (κ1) is 19.2. The van der Waals surface area contributed by atoms with E-state index >= 15 is 0 Å². The average molecular weight is 250 g/mol. The molecule has 0 saturated heterocycles. The van der Waals surface area contributed by atoms with Gasteiger partial charge in [-0.25, -0.2) is 0 Å². The minimum Gasteiger partial charge on any atom is -0.304 e. The maximum atomic E-state index is 8.81. The van der Waals surface area contributed by atoms with Crippen LogP contribution in [-0.4, -0.2) is 6.29 Å². The van der Waals surface area contributed by atoms with Crippen LogP contribution in [0.3, 0.4) is 0 Å². The zero-order valence-electron chi connectivity index (χ0n) is 13.4. The number of hydrogen-bond acceptors (Lipinski definition) is 1. The van der Waals surface area contributed by atoms with Crippen molar-refractivity contribution >= 4 is 6.29 Å². The van der Waals surface area contributed by atoms with Gasteiger partial charge in [0, 0.05) is 0 Å². The van der Waals surface area contributed by atoms with Crippen LogP contribution in [0, 0.1) is 13.8 Å². The topological polar surface area (TPSA) is 17.1 Å². The highest BCUT2D eigenvalue weighted by molar-refractivity contribution is 5.44. The van der Waals surface area contributed by atoms with E-state index in [1.165, 1.54) is 30.0 Å². The molecule has 0 amide bonds. The van der Waals surface area contributed by atoms with Gasteiger partial charge in [-0.05, 0) is 37.3 Å². The lowest BCUT2D eigenvalue weighted by Gasteiger charge is -2.21. The summed E-state index contributed by atoms with van der Waals surface area (Å²) >= 11 is 0. The number of rotatable bonds is 0. The summed E-state index contributed by atoms with van der Waals surface area (Å²) in [6, 6.07) is 6.68. The van der Waals surface area contributed by atoms with Gasteiger partial charge in [0.1, 0.15) is 6.29 Å². The Hall–Kier alpha value is -1.11. The fraction of sp³-hybridized carbons (Fsp3) is 0.588. The Morgan fingerprint density at radius 1 is 1.11 bits per heavy atom. The van der Waals surface area contributed by atoms with Crippen molar-refractivity contribution in [2.24, 2.45) is 0 Å². The Morgan fingerprint density at radius 3 is 1.78 bits per heavy atom. The monoisotopic (exact) mass is 250 g/mol. The second kappa shape index (κ2) is 9.87. The minimum atomic E-state index is 0.276. The zero-order chi connectivity index (χ0) is 14.8. The largest absolute Gasteiger partial charge is 0.304 e. The van der Waals surface area contributed by atoms with Crippen molar-refractivity contribution in [3.05, 3.63) is 34.9 Å². The third kappa shape index (κ3) is 8.98. The molecule has 104 valence electrons. The van der Waals surface area contributed by atoms with E-state index in [4.69, 9.17) is 4.79 Å². The van der Waals surface area contributed by atoms with E-state index in [1.807, 2.05) is 0 Å². The van der Waals surface area contributed by atoms with E-state index in [9.17, 15) is 0 Å². The third-order valence-electron chi connectivity index (χ3n) is 2.19. The van der Waals surface area contributed by atoms with Crippen LogP contribution in [0.2, 0.25) is 0 Å². The Labute approximate surface area is 114 Å². The van der Waals surface area contributed by atoms with E-state index < -0.39 is 0 Å². The first-order valence-electron chi connectivity index (χ1n) is 6.72. The van der Waals surface area contributed by atoms with Crippen LogP contribution < -0.4 is 0 Å². The number of benzene rings is 1. The van der Waals surface area contributed by atoms with Gasteiger partial charge in [-0.15, -0.1) is 0 Å². The fourth-order valence-corrected chi connectivity index (χ4v) is 1.66. The molecular formula is C17H30O. The van der Waals surface area contributed by atoms with Crippen molar-refractivity contribution in [3.8, 4) is 0 Å². The Bertz CT molecular complexity index is 332. The summed E-state index contributed by atoms with van der Waals surface area (Å²) in [4.78, 5) is 8.81. The summed E-state index contributed by atoms with van der Waals surface area (Å²) in [5, 5.41) is 0. The molecule has 18 heavy (non-hydrogen) atoms. The highest BCUT2D eigenvalue weighted by atomic mass is 16.1. The number of carbonyl (C=O) groups excluding carboxylic acids is 1. The summed E-state index contributed by atoms with van der Waals surface area (Å²) < 4.78 is 0. The molecule has 0 aliphatic rings. The van der Waals surface area contributed by atoms with Crippen molar-refractivity contribution in [2.75, 3.05) is 0 Å². The van der Waals surface area contributed by atoms with E-state index in [0.717, 1.165) is 6.29 Å². The quantitative estimate of drug-likeness (QED) is 0.577. The summed E-state index contributed by atoms with van der Waals surface area (Å²) in [6.07, 6.45) is 2.00. The van der Waals surface area contributed by atoms with Crippen LogP contribution in [0.25, 0.3) is 0 Å². The highest BCUT2D eigenvalue weighted by Crippen LogP contribution is 2.25. The van der Waals surface area contributed by atoms with Crippen molar-refractivity contribution in [1.29, 1.82) is 0 Å². The molecule has 0 bridgehead atoms. The molecule has 1 aromatic rings. The van der Waals surface area contributed by atoms with E-state index in [0.29, 0.717) is 0 Å². The first-order valence-corrected chi connectivity index (χ1v) is 6.72. The van der Waals surface area contributed by atoms with Crippen molar-refractivity contribution in [1.82, 2.24) is 0 Å². The van der Waals surface area contributed by atoms with Crippen LogP contribution in [0.15, 0.2) is 18.2 Å². The summed E-state index contributed by atoms with van der Waals surface area (Å²) in [5.41, 5.74) is 4.48. The van der Waals surface area contributed by atoms with E-state index in [2.05, 4.69) is 66.7 Å².